The van der Waals surface area contributed by atoms with Gasteiger partial charge in [0.1, 0.15) is 5.84 Å². The van der Waals surface area contributed by atoms with E-state index in [1.807, 2.05) is 0 Å². The molecule has 2 aromatic carbocycles. The van der Waals surface area contributed by atoms with Crippen LogP contribution in [0.4, 0.5) is 11.4 Å². The molecule has 32 heavy (non-hydrogen) atoms. The second-order valence-electron chi connectivity index (χ2n) is 7.81. The second kappa shape index (κ2) is 7.74. The Hall–Kier alpha value is -3.76. The molecular weight excluding hydrogens is 414 g/mol. The normalized spacial score (nSPS) is 20.3. The van der Waals surface area contributed by atoms with E-state index in [1.54, 1.807) is 36.4 Å². The first-order chi connectivity index (χ1) is 15.4. The lowest BCUT2D eigenvalue weighted by Crippen LogP contribution is -2.55. The van der Waals surface area contributed by atoms with Crippen LogP contribution in [-0.4, -0.2) is 54.0 Å². The van der Waals surface area contributed by atoms with Crippen molar-refractivity contribution in [3.63, 3.8) is 0 Å². The SMILES string of the molecule is NC1=NCc2cc(NC(=O)C(O)C3OCCN(c4ccc5c(c4)CNC5=O)C3=O)ccc21. The van der Waals surface area contributed by atoms with E-state index >= 15 is 0 Å². The van der Waals surface area contributed by atoms with Crippen molar-refractivity contribution in [3.8, 4) is 0 Å². The molecular formula is C22H21N5O5. The van der Waals surface area contributed by atoms with Gasteiger partial charge in [-0.25, -0.2) is 0 Å². The van der Waals surface area contributed by atoms with Gasteiger partial charge in [0, 0.05) is 35.6 Å². The van der Waals surface area contributed by atoms with Crippen molar-refractivity contribution in [2.75, 3.05) is 23.4 Å². The van der Waals surface area contributed by atoms with Crippen LogP contribution in [0.25, 0.3) is 0 Å². The topological polar surface area (TPSA) is 146 Å². The summed E-state index contributed by atoms with van der Waals surface area (Å²) in [6.45, 7) is 1.25. The highest BCUT2D eigenvalue weighted by Gasteiger charge is 2.39. The molecule has 0 bridgehead atoms. The van der Waals surface area contributed by atoms with Gasteiger partial charge in [0.05, 0.1) is 13.2 Å². The van der Waals surface area contributed by atoms with E-state index in [9.17, 15) is 19.5 Å². The Balaban J connectivity index is 1.29. The molecule has 1 fully saturated rings. The van der Waals surface area contributed by atoms with Crippen molar-refractivity contribution in [1.29, 1.82) is 0 Å². The second-order valence-corrected chi connectivity index (χ2v) is 7.81. The first kappa shape index (κ1) is 20.2. The maximum absolute atomic E-state index is 13.0. The maximum atomic E-state index is 13.0. The van der Waals surface area contributed by atoms with Crippen molar-refractivity contribution in [1.82, 2.24) is 5.32 Å². The Kier molecular flexibility index (Phi) is 4.87. The summed E-state index contributed by atoms with van der Waals surface area (Å²) in [6.07, 6.45) is -3.04. The molecule has 0 aromatic heterocycles. The van der Waals surface area contributed by atoms with E-state index in [0.717, 1.165) is 16.7 Å². The van der Waals surface area contributed by atoms with Gasteiger partial charge in [-0.15, -0.1) is 0 Å². The van der Waals surface area contributed by atoms with Crippen molar-refractivity contribution in [3.05, 3.63) is 58.7 Å². The molecule has 2 atom stereocenters. The number of aliphatic hydroxyl groups excluding tert-OH is 1. The third kappa shape index (κ3) is 3.39. The van der Waals surface area contributed by atoms with Crippen molar-refractivity contribution >= 4 is 34.9 Å². The molecule has 0 spiro atoms. The number of nitrogens with zero attached hydrogens (tertiary/aromatic N) is 2. The number of fused-ring (bicyclic) bond motifs is 2. The summed E-state index contributed by atoms with van der Waals surface area (Å²) >= 11 is 0. The molecule has 3 aliphatic heterocycles. The zero-order valence-corrected chi connectivity index (χ0v) is 17.0. The number of carbonyl (C=O) groups excluding carboxylic acids is 3. The monoisotopic (exact) mass is 435 g/mol. The molecule has 3 amide bonds. The Morgan fingerprint density at radius 2 is 2.03 bits per heavy atom. The number of carbonyl (C=O) groups is 3. The molecule has 5 N–H and O–H groups in total. The van der Waals surface area contributed by atoms with Gasteiger partial charge in [-0.3, -0.25) is 19.4 Å². The highest BCUT2D eigenvalue weighted by Crippen LogP contribution is 2.26. The lowest BCUT2D eigenvalue weighted by Gasteiger charge is -2.34. The molecule has 3 heterocycles. The van der Waals surface area contributed by atoms with Gasteiger partial charge in [-0.05, 0) is 47.5 Å². The van der Waals surface area contributed by atoms with Gasteiger partial charge >= 0.3 is 0 Å². The third-order valence-electron chi connectivity index (χ3n) is 5.83. The number of aliphatic imine (C=N–C) groups is 1. The summed E-state index contributed by atoms with van der Waals surface area (Å²) in [5.74, 6) is -0.969. The first-order valence-electron chi connectivity index (χ1n) is 10.2. The van der Waals surface area contributed by atoms with E-state index in [0.29, 0.717) is 35.9 Å². The molecule has 0 radical (unpaired) electrons. The summed E-state index contributed by atoms with van der Waals surface area (Å²) in [7, 11) is 0. The number of aliphatic hydroxyl groups is 1. The number of hydrogen-bond acceptors (Lipinski definition) is 7. The van der Waals surface area contributed by atoms with E-state index in [4.69, 9.17) is 10.5 Å². The fraction of sp³-hybridized carbons (Fsp3) is 0.273. The third-order valence-corrected chi connectivity index (χ3v) is 5.83. The fourth-order valence-electron chi connectivity index (χ4n) is 4.14. The average Bonchev–Trinajstić information content (AvgIpc) is 3.35. The Bertz CT molecular complexity index is 1180. The summed E-state index contributed by atoms with van der Waals surface area (Å²) in [4.78, 5) is 43.0. The zero-order chi connectivity index (χ0) is 22.4. The van der Waals surface area contributed by atoms with E-state index in [1.165, 1.54) is 4.90 Å². The summed E-state index contributed by atoms with van der Waals surface area (Å²) in [5, 5.41) is 15.9. The number of hydrogen-bond donors (Lipinski definition) is 4. The predicted octanol–water partition coefficient (Wildman–Crippen LogP) is -0.120. The van der Waals surface area contributed by atoms with Crippen LogP contribution in [0.3, 0.4) is 0 Å². The minimum atomic E-state index is -1.70. The van der Waals surface area contributed by atoms with Gasteiger partial charge in [-0.1, -0.05) is 0 Å². The van der Waals surface area contributed by atoms with Crippen LogP contribution in [0.2, 0.25) is 0 Å². The van der Waals surface area contributed by atoms with Crippen molar-refractivity contribution in [2.24, 2.45) is 10.7 Å². The smallest absolute Gasteiger partial charge is 0.259 e. The molecule has 2 aromatic rings. The van der Waals surface area contributed by atoms with Gasteiger partial charge in [0.25, 0.3) is 17.7 Å². The summed E-state index contributed by atoms with van der Waals surface area (Å²) in [6, 6.07) is 10.2. The van der Waals surface area contributed by atoms with Crippen molar-refractivity contribution < 1.29 is 24.2 Å². The van der Waals surface area contributed by atoms with E-state index in [2.05, 4.69) is 15.6 Å². The lowest BCUT2D eigenvalue weighted by molar-refractivity contribution is -0.150. The highest BCUT2D eigenvalue weighted by molar-refractivity contribution is 6.05. The van der Waals surface area contributed by atoms with Crippen LogP contribution in [-0.2, 0) is 27.4 Å². The number of rotatable bonds is 4. The highest BCUT2D eigenvalue weighted by atomic mass is 16.5. The molecule has 5 rings (SSSR count). The van der Waals surface area contributed by atoms with Crippen LogP contribution in [0.15, 0.2) is 41.4 Å². The molecule has 3 aliphatic rings. The number of ether oxygens (including phenoxy) is 1. The molecule has 2 unspecified atom stereocenters. The maximum Gasteiger partial charge on any atom is 0.259 e. The first-order valence-corrected chi connectivity index (χ1v) is 10.2. The largest absolute Gasteiger partial charge is 0.383 e. The van der Waals surface area contributed by atoms with Gasteiger partial charge in [0.15, 0.2) is 12.2 Å². The molecule has 0 saturated carbocycles. The van der Waals surface area contributed by atoms with Crippen molar-refractivity contribution in [2.45, 2.75) is 25.3 Å². The summed E-state index contributed by atoms with van der Waals surface area (Å²) in [5.41, 5.74) is 9.91. The predicted molar refractivity (Wildman–Crippen MR) is 115 cm³/mol. The molecule has 0 aliphatic carbocycles. The van der Waals surface area contributed by atoms with Gasteiger partial charge < -0.3 is 31.1 Å². The van der Waals surface area contributed by atoms with E-state index < -0.39 is 24.0 Å². The number of morpholine rings is 1. The molecule has 164 valence electrons. The van der Waals surface area contributed by atoms with Crippen LogP contribution in [0.5, 0.6) is 0 Å². The van der Waals surface area contributed by atoms with Crippen LogP contribution >= 0.6 is 0 Å². The Labute approximate surface area is 183 Å². The Morgan fingerprint density at radius 3 is 2.88 bits per heavy atom. The fourth-order valence-corrected chi connectivity index (χ4v) is 4.14. The van der Waals surface area contributed by atoms with Crippen LogP contribution < -0.4 is 21.3 Å². The van der Waals surface area contributed by atoms with Crippen LogP contribution in [0.1, 0.15) is 27.0 Å². The van der Waals surface area contributed by atoms with Gasteiger partial charge in [0.2, 0.25) is 0 Å². The minimum absolute atomic E-state index is 0.148. The zero-order valence-electron chi connectivity index (χ0n) is 17.0. The number of nitrogens with two attached hydrogens (primary N) is 1. The number of amides is 3. The minimum Gasteiger partial charge on any atom is -0.383 e. The summed E-state index contributed by atoms with van der Waals surface area (Å²) < 4.78 is 5.46. The van der Waals surface area contributed by atoms with Crippen LogP contribution in [0, 0.1) is 0 Å². The quantitative estimate of drug-likeness (QED) is 0.527. The van der Waals surface area contributed by atoms with E-state index in [-0.39, 0.29) is 19.1 Å². The van der Waals surface area contributed by atoms with Gasteiger partial charge in [-0.2, -0.15) is 0 Å². The number of anilines is 2. The number of amidine groups is 1. The Morgan fingerprint density at radius 1 is 1.22 bits per heavy atom. The number of benzene rings is 2. The number of nitrogens with one attached hydrogen (secondary N) is 2. The molecule has 10 heteroatoms. The molecule has 10 nitrogen and oxygen atoms in total. The standard InChI is InChI=1S/C22H21N5O5/c23-19-15-3-1-13(7-11(15)9-24-19)26-21(30)17(28)18-22(31)27(5-6-32-18)14-2-4-16-12(8-14)10-25-20(16)29/h1-4,7-8,17-18,28H,5-6,9-10H2,(H2,23,24)(H,25,29)(H,26,30). The average molecular weight is 435 g/mol. The molecule has 1 saturated heterocycles. The lowest BCUT2D eigenvalue weighted by atomic mass is 10.1.